The van der Waals surface area contributed by atoms with Crippen molar-refractivity contribution in [2.24, 2.45) is 0 Å². The highest BCUT2D eigenvalue weighted by molar-refractivity contribution is 6.04. The van der Waals surface area contributed by atoms with Gasteiger partial charge >= 0.3 is 0 Å². The highest BCUT2D eigenvalue weighted by Crippen LogP contribution is 2.33. The van der Waals surface area contributed by atoms with E-state index in [1.807, 2.05) is 63.2 Å². The fraction of sp³-hybridized carbons (Fsp3) is 0.345. The van der Waals surface area contributed by atoms with Crippen LogP contribution >= 0.6 is 0 Å². The first-order valence-electron chi connectivity index (χ1n) is 12.4. The summed E-state index contributed by atoms with van der Waals surface area (Å²) in [6.07, 6.45) is 5.43. The molecule has 3 amide bonds. The van der Waals surface area contributed by atoms with E-state index in [9.17, 15) is 14.4 Å². The minimum Gasteiger partial charge on any atom is -0.459 e. The highest BCUT2D eigenvalue weighted by Gasteiger charge is 2.35. The molecule has 1 saturated carbocycles. The van der Waals surface area contributed by atoms with Crippen LogP contribution in [0.1, 0.15) is 64.5 Å². The number of hydrogen-bond acceptors (Lipinski definition) is 4. The van der Waals surface area contributed by atoms with Crippen molar-refractivity contribution < 1.29 is 18.8 Å². The molecule has 0 unspecified atom stereocenters. The van der Waals surface area contributed by atoms with E-state index in [0.29, 0.717) is 5.69 Å². The zero-order valence-electron chi connectivity index (χ0n) is 21.0. The Hall–Kier alpha value is -3.87. The van der Waals surface area contributed by atoms with Crippen molar-refractivity contribution in [2.75, 3.05) is 11.4 Å². The first-order chi connectivity index (χ1) is 17.3. The van der Waals surface area contributed by atoms with Crippen LogP contribution in [0.15, 0.2) is 65.3 Å². The molecule has 0 radical (unpaired) electrons. The molecule has 0 aliphatic heterocycles. The van der Waals surface area contributed by atoms with Gasteiger partial charge in [0, 0.05) is 11.7 Å². The van der Waals surface area contributed by atoms with Crippen LogP contribution in [0.3, 0.4) is 0 Å². The Morgan fingerprint density at radius 3 is 2.39 bits per heavy atom. The van der Waals surface area contributed by atoms with Gasteiger partial charge in [-0.1, -0.05) is 54.8 Å². The Morgan fingerprint density at radius 2 is 1.72 bits per heavy atom. The van der Waals surface area contributed by atoms with E-state index >= 15 is 0 Å². The summed E-state index contributed by atoms with van der Waals surface area (Å²) in [4.78, 5) is 41.7. The molecule has 2 aromatic carbocycles. The van der Waals surface area contributed by atoms with Crippen molar-refractivity contribution in [1.82, 2.24) is 10.6 Å². The largest absolute Gasteiger partial charge is 0.459 e. The Kier molecular flexibility index (Phi) is 7.88. The number of anilines is 1. The third-order valence-electron chi connectivity index (χ3n) is 6.72. The van der Waals surface area contributed by atoms with E-state index in [1.165, 1.54) is 17.2 Å². The van der Waals surface area contributed by atoms with Gasteiger partial charge in [-0.3, -0.25) is 19.3 Å². The molecular weight excluding hydrogens is 454 g/mol. The van der Waals surface area contributed by atoms with Gasteiger partial charge in [0.15, 0.2) is 5.76 Å². The molecular formula is C29H33N3O4. The number of nitrogens with zero attached hydrogens (tertiary/aromatic N) is 1. The normalized spacial score (nSPS) is 14.3. The van der Waals surface area contributed by atoms with Crippen molar-refractivity contribution in [3.05, 3.63) is 88.9 Å². The number of aryl methyl sites for hydroxylation is 3. The molecule has 36 heavy (non-hydrogen) atoms. The van der Waals surface area contributed by atoms with Gasteiger partial charge in [-0.25, -0.2) is 0 Å². The first-order valence-corrected chi connectivity index (χ1v) is 12.4. The molecule has 3 aromatic rings. The first kappa shape index (κ1) is 25.2. The van der Waals surface area contributed by atoms with Crippen molar-refractivity contribution in [3.8, 4) is 0 Å². The Labute approximate surface area is 211 Å². The maximum atomic E-state index is 13.9. The molecule has 2 N–H and O–H groups in total. The van der Waals surface area contributed by atoms with Gasteiger partial charge in [0.25, 0.3) is 5.91 Å². The minimum absolute atomic E-state index is 0.0961. The van der Waals surface area contributed by atoms with Crippen LogP contribution in [0.25, 0.3) is 0 Å². The Morgan fingerprint density at radius 1 is 0.972 bits per heavy atom. The standard InChI is InChI=1S/C29H33N3O4/c1-19-14-15-24(21(3)17-19)32(26(33)18-30-28(34)25-13-8-16-36-25)27(23-12-7-4-9-20(23)2)29(35)31-22-10-5-6-11-22/h4,7-9,12-17,22,27H,5-6,10-11,18H2,1-3H3,(H,30,34)(H,31,35)/t27-/m0/s1. The predicted octanol–water partition coefficient (Wildman–Crippen LogP) is 4.77. The Balaban J connectivity index is 1.73. The van der Waals surface area contributed by atoms with Crippen LogP contribution in [0.4, 0.5) is 5.69 Å². The molecule has 7 nitrogen and oxygen atoms in total. The monoisotopic (exact) mass is 487 g/mol. The average molecular weight is 488 g/mol. The SMILES string of the molecule is Cc1ccc(N(C(=O)CNC(=O)c2ccco2)[C@H](C(=O)NC2CCCC2)c2ccccc2C)c(C)c1. The molecule has 0 bridgehead atoms. The van der Waals surface area contributed by atoms with E-state index in [1.54, 1.807) is 6.07 Å². The van der Waals surface area contributed by atoms with Crippen molar-refractivity contribution in [1.29, 1.82) is 0 Å². The van der Waals surface area contributed by atoms with Crippen LogP contribution in [0.5, 0.6) is 0 Å². The van der Waals surface area contributed by atoms with Gasteiger partial charge in [0.2, 0.25) is 11.8 Å². The number of amides is 3. The van der Waals surface area contributed by atoms with Gasteiger partial charge in [0.05, 0.1) is 12.8 Å². The van der Waals surface area contributed by atoms with E-state index in [0.717, 1.165) is 47.9 Å². The van der Waals surface area contributed by atoms with Gasteiger partial charge < -0.3 is 15.1 Å². The molecule has 1 fully saturated rings. The fourth-order valence-electron chi connectivity index (χ4n) is 4.87. The molecule has 188 valence electrons. The molecule has 0 saturated heterocycles. The van der Waals surface area contributed by atoms with Gasteiger partial charge in [0.1, 0.15) is 6.04 Å². The summed E-state index contributed by atoms with van der Waals surface area (Å²) in [6, 6.07) is 15.7. The average Bonchev–Trinajstić information content (AvgIpc) is 3.57. The molecule has 1 aliphatic rings. The van der Waals surface area contributed by atoms with Crippen LogP contribution in [0.2, 0.25) is 0 Å². The van der Waals surface area contributed by atoms with Crippen LogP contribution in [-0.4, -0.2) is 30.3 Å². The summed E-state index contributed by atoms with van der Waals surface area (Å²) in [5.41, 5.74) is 4.21. The molecule has 7 heteroatoms. The number of carbonyl (C=O) groups is 3. The van der Waals surface area contributed by atoms with Crippen LogP contribution in [-0.2, 0) is 9.59 Å². The number of hydrogen-bond donors (Lipinski definition) is 2. The molecule has 1 aliphatic carbocycles. The van der Waals surface area contributed by atoms with E-state index in [4.69, 9.17) is 4.42 Å². The predicted molar refractivity (Wildman–Crippen MR) is 139 cm³/mol. The smallest absolute Gasteiger partial charge is 0.287 e. The fourth-order valence-corrected chi connectivity index (χ4v) is 4.87. The highest BCUT2D eigenvalue weighted by atomic mass is 16.3. The topological polar surface area (TPSA) is 91.7 Å². The van der Waals surface area contributed by atoms with Crippen LogP contribution in [0, 0.1) is 20.8 Å². The summed E-state index contributed by atoms with van der Waals surface area (Å²) in [6.45, 7) is 5.56. The third kappa shape index (κ3) is 5.67. The lowest BCUT2D eigenvalue weighted by Gasteiger charge is -2.34. The number of carbonyl (C=O) groups excluding carboxylic acids is 3. The third-order valence-corrected chi connectivity index (χ3v) is 6.72. The lowest BCUT2D eigenvalue weighted by Crippen LogP contribution is -2.49. The zero-order valence-corrected chi connectivity index (χ0v) is 21.0. The van der Waals surface area contributed by atoms with Gasteiger partial charge in [-0.05, 0) is 68.5 Å². The number of rotatable bonds is 8. The number of nitrogens with one attached hydrogen (secondary N) is 2. The quantitative estimate of drug-likeness (QED) is 0.479. The number of benzene rings is 2. The second-order valence-corrected chi connectivity index (χ2v) is 9.46. The van der Waals surface area contributed by atoms with E-state index < -0.39 is 17.9 Å². The second-order valence-electron chi connectivity index (χ2n) is 9.46. The molecule has 4 rings (SSSR count). The number of furan rings is 1. The minimum atomic E-state index is -0.888. The lowest BCUT2D eigenvalue weighted by molar-refractivity contribution is -0.126. The van der Waals surface area contributed by atoms with Gasteiger partial charge in [-0.2, -0.15) is 0 Å². The van der Waals surface area contributed by atoms with E-state index in [-0.39, 0.29) is 24.3 Å². The van der Waals surface area contributed by atoms with Crippen molar-refractivity contribution in [3.63, 3.8) is 0 Å². The summed E-state index contributed by atoms with van der Waals surface area (Å²) >= 11 is 0. The molecule has 1 heterocycles. The summed E-state index contributed by atoms with van der Waals surface area (Å²) in [7, 11) is 0. The summed E-state index contributed by atoms with van der Waals surface area (Å²) in [5.74, 6) is -0.981. The molecule has 1 aromatic heterocycles. The summed E-state index contributed by atoms with van der Waals surface area (Å²) in [5, 5.41) is 5.84. The molecule has 0 spiro atoms. The Bertz CT molecular complexity index is 1230. The maximum absolute atomic E-state index is 13.9. The lowest BCUT2D eigenvalue weighted by atomic mass is 9.96. The second kappa shape index (κ2) is 11.2. The zero-order chi connectivity index (χ0) is 25.7. The van der Waals surface area contributed by atoms with Crippen molar-refractivity contribution >= 4 is 23.4 Å². The van der Waals surface area contributed by atoms with Crippen molar-refractivity contribution in [2.45, 2.75) is 58.5 Å². The molecule has 1 atom stereocenters. The van der Waals surface area contributed by atoms with Gasteiger partial charge in [-0.15, -0.1) is 0 Å². The van der Waals surface area contributed by atoms with Crippen LogP contribution < -0.4 is 15.5 Å². The summed E-state index contributed by atoms with van der Waals surface area (Å²) < 4.78 is 5.15. The maximum Gasteiger partial charge on any atom is 0.287 e. The van der Waals surface area contributed by atoms with E-state index in [2.05, 4.69) is 10.6 Å².